The van der Waals surface area contributed by atoms with Crippen LogP contribution in [0.3, 0.4) is 0 Å². The number of carbonyl (C=O) groups excluding carboxylic acids is 2. The standard InChI is InChI=1S/C30H32Cl3N3O4S/c1-21(30(38)34-26-8-4-2-5-9-26)35(19-22-12-14-23(31)15-13-22)29(37)20-36(27-17-24(32)16-25(33)18-27)41(39,40)28-10-6-3-7-11-28/h3,6-7,10-18,21,26H,2,4-5,8-9,19-20H2,1H3,(H,34,38)/t21-/m1/s1. The van der Waals surface area contributed by atoms with Gasteiger partial charge in [-0.1, -0.05) is 84.4 Å². The number of anilines is 1. The lowest BCUT2D eigenvalue weighted by molar-refractivity contribution is -0.139. The first-order valence-electron chi connectivity index (χ1n) is 13.4. The van der Waals surface area contributed by atoms with E-state index in [1.807, 2.05) is 0 Å². The fraction of sp³-hybridized carbons (Fsp3) is 0.333. The third-order valence-corrected chi connectivity index (χ3v) is 9.61. The van der Waals surface area contributed by atoms with E-state index in [-0.39, 0.29) is 39.1 Å². The average molecular weight is 637 g/mol. The van der Waals surface area contributed by atoms with Crippen LogP contribution in [0.5, 0.6) is 0 Å². The van der Waals surface area contributed by atoms with E-state index < -0.39 is 28.5 Å². The topological polar surface area (TPSA) is 86.8 Å². The first-order chi connectivity index (χ1) is 19.5. The fourth-order valence-corrected chi connectivity index (χ4v) is 6.93. The van der Waals surface area contributed by atoms with Gasteiger partial charge in [0.05, 0.1) is 10.6 Å². The quantitative estimate of drug-likeness (QED) is 0.268. The highest BCUT2D eigenvalue weighted by Gasteiger charge is 2.33. The van der Waals surface area contributed by atoms with Gasteiger partial charge in [0.1, 0.15) is 12.6 Å². The van der Waals surface area contributed by atoms with E-state index >= 15 is 0 Å². The molecule has 218 valence electrons. The Morgan fingerprint density at radius 1 is 0.878 bits per heavy atom. The fourth-order valence-electron chi connectivity index (χ4n) is 4.87. The summed E-state index contributed by atoms with van der Waals surface area (Å²) in [5.74, 6) is -0.857. The predicted molar refractivity (Wildman–Crippen MR) is 164 cm³/mol. The van der Waals surface area contributed by atoms with Gasteiger partial charge in [0.2, 0.25) is 11.8 Å². The van der Waals surface area contributed by atoms with Gasteiger partial charge in [-0.25, -0.2) is 8.42 Å². The minimum Gasteiger partial charge on any atom is -0.352 e. The maximum absolute atomic E-state index is 14.0. The second-order valence-corrected chi connectivity index (χ2v) is 13.3. The Bertz CT molecular complexity index is 1440. The number of nitrogens with zero attached hydrogens (tertiary/aromatic N) is 2. The lowest BCUT2D eigenvalue weighted by atomic mass is 9.95. The van der Waals surface area contributed by atoms with Gasteiger partial charge in [-0.15, -0.1) is 0 Å². The third-order valence-electron chi connectivity index (χ3n) is 7.13. The molecule has 1 N–H and O–H groups in total. The molecule has 0 saturated heterocycles. The van der Waals surface area contributed by atoms with Gasteiger partial charge < -0.3 is 10.2 Å². The van der Waals surface area contributed by atoms with E-state index in [0.29, 0.717) is 5.02 Å². The second-order valence-electron chi connectivity index (χ2n) is 10.1. The highest BCUT2D eigenvalue weighted by atomic mass is 35.5. The maximum Gasteiger partial charge on any atom is 0.264 e. The van der Waals surface area contributed by atoms with Crippen LogP contribution < -0.4 is 9.62 Å². The highest BCUT2D eigenvalue weighted by Crippen LogP contribution is 2.30. The van der Waals surface area contributed by atoms with Crippen LogP contribution in [0.2, 0.25) is 15.1 Å². The number of carbonyl (C=O) groups is 2. The van der Waals surface area contributed by atoms with Crippen LogP contribution in [-0.2, 0) is 26.2 Å². The zero-order valence-electron chi connectivity index (χ0n) is 22.6. The van der Waals surface area contributed by atoms with Crippen molar-refractivity contribution in [3.05, 3.63) is 93.4 Å². The van der Waals surface area contributed by atoms with Gasteiger partial charge in [-0.05, 0) is 67.8 Å². The molecule has 0 aromatic heterocycles. The minimum absolute atomic E-state index is 0.00348. The summed E-state index contributed by atoms with van der Waals surface area (Å²) in [4.78, 5) is 28.8. The summed E-state index contributed by atoms with van der Waals surface area (Å²) in [6.45, 7) is 1.14. The molecule has 1 aliphatic carbocycles. The number of benzene rings is 3. The maximum atomic E-state index is 14.0. The zero-order chi connectivity index (χ0) is 29.6. The molecule has 1 aliphatic rings. The van der Waals surface area contributed by atoms with Crippen molar-refractivity contribution in [2.45, 2.75) is 62.6 Å². The highest BCUT2D eigenvalue weighted by molar-refractivity contribution is 7.92. The monoisotopic (exact) mass is 635 g/mol. The Hall–Kier alpha value is -2.78. The molecule has 2 amide bonds. The van der Waals surface area contributed by atoms with Crippen LogP contribution >= 0.6 is 34.8 Å². The molecule has 1 atom stereocenters. The molecule has 0 unspecified atom stereocenters. The van der Waals surface area contributed by atoms with Gasteiger partial charge >= 0.3 is 0 Å². The number of halogens is 3. The molecule has 41 heavy (non-hydrogen) atoms. The van der Waals surface area contributed by atoms with Crippen molar-refractivity contribution in [1.82, 2.24) is 10.2 Å². The Balaban J connectivity index is 1.68. The van der Waals surface area contributed by atoms with Gasteiger partial charge in [0.15, 0.2) is 0 Å². The van der Waals surface area contributed by atoms with Gasteiger partial charge in [-0.2, -0.15) is 0 Å². The number of hydrogen-bond donors (Lipinski definition) is 1. The van der Waals surface area contributed by atoms with Crippen molar-refractivity contribution in [2.24, 2.45) is 0 Å². The second kappa shape index (κ2) is 13.9. The molecule has 1 saturated carbocycles. The first kappa shape index (κ1) is 31.2. The summed E-state index contributed by atoms with van der Waals surface area (Å²) in [6, 6.07) is 18.3. The lowest BCUT2D eigenvalue weighted by Gasteiger charge is -2.33. The predicted octanol–water partition coefficient (Wildman–Crippen LogP) is 6.71. The van der Waals surface area contributed by atoms with Gasteiger partial charge in [-0.3, -0.25) is 13.9 Å². The molecule has 0 heterocycles. The van der Waals surface area contributed by atoms with E-state index in [0.717, 1.165) is 42.0 Å². The Morgan fingerprint density at radius 2 is 1.49 bits per heavy atom. The molecular weight excluding hydrogens is 605 g/mol. The molecule has 0 spiro atoms. The molecule has 0 radical (unpaired) electrons. The Labute approximate surface area is 256 Å². The Morgan fingerprint density at radius 3 is 2.10 bits per heavy atom. The molecule has 0 aliphatic heterocycles. The van der Waals surface area contributed by atoms with Crippen LogP contribution in [0.15, 0.2) is 77.7 Å². The van der Waals surface area contributed by atoms with E-state index in [1.54, 1.807) is 49.4 Å². The molecule has 11 heteroatoms. The smallest absolute Gasteiger partial charge is 0.264 e. The number of hydrogen-bond acceptors (Lipinski definition) is 4. The van der Waals surface area contributed by atoms with Gasteiger partial charge in [0.25, 0.3) is 10.0 Å². The van der Waals surface area contributed by atoms with Crippen LogP contribution in [0, 0.1) is 0 Å². The van der Waals surface area contributed by atoms with E-state index in [4.69, 9.17) is 34.8 Å². The molecule has 1 fully saturated rings. The Kier molecular flexibility index (Phi) is 10.6. The number of sulfonamides is 1. The van der Waals surface area contributed by atoms with Gasteiger partial charge in [0, 0.05) is 27.7 Å². The molecule has 3 aromatic rings. The molecule has 7 nitrogen and oxygen atoms in total. The van der Waals surface area contributed by atoms with Crippen molar-refractivity contribution in [1.29, 1.82) is 0 Å². The summed E-state index contributed by atoms with van der Waals surface area (Å²) in [5, 5.41) is 4.05. The van der Waals surface area contributed by atoms with Crippen LogP contribution in [0.25, 0.3) is 0 Å². The normalized spacial score (nSPS) is 14.7. The molecule has 4 rings (SSSR count). The number of rotatable bonds is 10. The van der Waals surface area contributed by atoms with E-state index in [1.165, 1.54) is 35.2 Å². The van der Waals surface area contributed by atoms with Crippen molar-refractivity contribution >= 4 is 62.3 Å². The van der Waals surface area contributed by atoms with Crippen LogP contribution in [0.1, 0.15) is 44.6 Å². The van der Waals surface area contributed by atoms with Crippen LogP contribution in [0.4, 0.5) is 5.69 Å². The summed E-state index contributed by atoms with van der Waals surface area (Å²) in [5.41, 5.74) is 0.869. The number of amides is 2. The average Bonchev–Trinajstić information content (AvgIpc) is 2.95. The van der Waals surface area contributed by atoms with Crippen LogP contribution in [-0.4, -0.2) is 43.8 Å². The minimum atomic E-state index is -4.21. The zero-order valence-corrected chi connectivity index (χ0v) is 25.7. The van der Waals surface area contributed by atoms with Crippen molar-refractivity contribution in [3.8, 4) is 0 Å². The SMILES string of the molecule is C[C@H](C(=O)NC1CCCCC1)N(Cc1ccc(Cl)cc1)C(=O)CN(c1cc(Cl)cc(Cl)c1)S(=O)(=O)c1ccccc1. The molecular formula is C30H32Cl3N3O4S. The van der Waals surface area contributed by atoms with Crippen molar-refractivity contribution < 1.29 is 18.0 Å². The molecule has 3 aromatic carbocycles. The van der Waals surface area contributed by atoms with E-state index in [2.05, 4.69) is 5.32 Å². The van der Waals surface area contributed by atoms with Crippen molar-refractivity contribution in [3.63, 3.8) is 0 Å². The summed E-state index contributed by atoms with van der Waals surface area (Å²) in [6.07, 6.45) is 5.01. The number of nitrogens with one attached hydrogen (secondary N) is 1. The lowest BCUT2D eigenvalue weighted by Crippen LogP contribution is -2.53. The third kappa shape index (κ3) is 8.16. The van der Waals surface area contributed by atoms with Crippen molar-refractivity contribution in [2.75, 3.05) is 10.8 Å². The summed E-state index contributed by atoms with van der Waals surface area (Å²) < 4.78 is 28.7. The first-order valence-corrected chi connectivity index (χ1v) is 16.0. The largest absolute Gasteiger partial charge is 0.352 e. The summed E-state index contributed by atoms with van der Waals surface area (Å²) >= 11 is 18.5. The molecule has 0 bridgehead atoms. The summed E-state index contributed by atoms with van der Waals surface area (Å²) in [7, 11) is -4.21. The van der Waals surface area contributed by atoms with E-state index in [9.17, 15) is 18.0 Å².